The molecule has 1 saturated heterocycles. The second-order valence-electron chi connectivity index (χ2n) is 6.46. The summed E-state index contributed by atoms with van der Waals surface area (Å²) in [6, 6.07) is 6.01. The van der Waals surface area contributed by atoms with Crippen molar-refractivity contribution < 1.29 is 23.9 Å². The maximum Gasteiger partial charge on any atom is 0.308 e. The van der Waals surface area contributed by atoms with E-state index in [0.29, 0.717) is 44.0 Å². The fourth-order valence-electron chi connectivity index (χ4n) is 2.79. The summed E-state index contributed by atoms with van der Waals surface area (Å²) in [6.07, 6.45) is 2.59. The lowest BCUT2D eigenvalue weighted by molar-refractivity contribution is -0.147. The summed E-state index contributed by atoms with van der Waals surface area (Å²) in [6.45, 7) is 5.65. The van der Waals surface area contributed by atoms with Crippen LogP contribution in [0.25, 0.3) is 0 Å². The van der Waals surface area contributed by atoms with Gasteiger partial charge in [0, 0.05) is 18.7 Å². The van der Waals surface area contributed by atoms with Crippen LogP contribution in [0.3, 0.4) is 0 Å². The number of carbonyl (C=O) groups excluding carboxylic acids is 3. The molecule has 0 aromatic heterocycles. The molecule has 148 valence electrons. The van der Waals surface area contributed by atoms with Crippen molar-refractivity contribution in [2.75, 3.05) is 26.3 Å². The Hall–Kier alpha value is -2.57. The molecule has 2 rings (SSSR count). The number of carbonyl (C=O) groups is 3. The zero-order valence-electron chi connectivity index (χ0n) is 16.0. The minimum absolute atomic E-state index is 0.143. The zero-order valence-corrected chi connectivity index (χ0v) is 16.0. The molecule has 1 N–H and O–H groups in total. The summed E-state index contributed by atoms with van der Waals surface area (Å²) in [5.74, 6) is -0.381. The first kappa shape index (κ1) is 20.7. The van der Waals surface area contributed by atoms with Crippen LogP contribution in [0.4, 0.5) is 0 Å². The van der Waals surface area contributed by atoms with Crippen molar-refractivity contribution >= 4 is 17.8 Å². The fraction of sp³-hybridized carbons (Fsp3) is 0.550. The highest BCUT2D eigenvalue weighted by molar-refractivity contribution is 5.99. The van der Waals surface area contributed by atoms with Crippen LogP contribution in [0.5, 0.6) is 5.75 Å². The molecule has 0 spiro atoms. The average Bonchev–Trinajstić information content (AvgIpc) is 2.68. The van der Waals surface area contributed by atoms with Gasteiger partial charge in [-0.3, -0.25) is 14.4 Å². The van der Waals surface area contributed by atoms with E-state index in [4.69, 9.17) is 9.47 Å². The van der Waals surface area contributed by atoms with Crippen LogP contribution >= 0.6 is 0 Å². The minimum atomic E-state index is -0.851. The molecule has 2 amide bonds. The summed E-state index contributed by atoms with van der Waals surface area (Å²) in [4.78, 5) is 38.5. The number of unbranched alkanes of at least 4 members (excludes halogenated alkanes) is 1. The molecule has 1 heterocycles. The minimum Gasteiger partial charge on any atom is -0.494 e. The molecule has 7 heteroatoms. The Morgan fingerprint density at radius 3 is 2.56 bits per heavy atom. The molecular weight excluding hydrogens is 348 g/mol. The molecule has 1 atom stereocenters. The van der Waals surface area contributed by atoms with E-state index in [1.165, 1.54) is 4.90 Å². The van der Waals surface area contributed by atoms with E-state index in [9.17, 15) is 14.4 Å². The Bertz CT molecular complexity index is 644. The summed E-state index contributed by atoms with van der Waals surface area (Å²) in [5, 5.41) is 2.71. The van der Waals surface area contributed by atoms with Crippen LogP contribution in [0.2, 0.25) is 0 Å². The lowest BCUT2D eigenvalue weighted by atomic mass is 10.1. The number of nitrogens with zero attached hydrogens (tertiary/aromatic N) is 1. The largest absolute Gasteiger partial charge is 0.494 e. The average molecular weight is 376 g/mol. The third-order valence-corrected chi connectivity index (χ3v) is 4.29. The van der Waals surface area contributed by atoms with E-state index in [2.05, 4.69) is 12.2 Å². The Balaban J connectivity index is 2.04. The van der Waals surface area contributed by atoms with Crippen molar-refractivity contribution in [2.24, 2.45) is 0 Å². The normalized spacial score (nSPS) is 16.6. The summed E-state index contributed by atoms with van der Waals surface area (Å²) in [7, 11) is 0. The number of esters is 1. The number of benzene rings is 1. The maximum absolute atomic E-state index is 12.9. The van der Waals surface area contributed by atoms with Gasteiger partial charge in [-0.2, -0.15) is 0 Å². The first-order chi connectivity index (χ1) is 13.1. The molecule has 0 bridgehead atoms. The Kier molecular flexibility index (Phi) is 8.10. The molecule has 1 aromatic carbocycles. The van der Waals surface area contributed by atoms with Gasteiger partial charge >= 0.3 is 5.97 Å². The van der Waals surface area contributed by atoms with Gasteiger partial charge in [0.15, 0.2) is 0 Å². The molecule has 1 aliphatic rings. The Morgan fingerprint density at radius 1 is 1.15 bits per heavy atom. The number of rotatable bonds is 9. The van der Waals surface area contributed by atoms with Crippen LogP contribution in [-0.4, -0.2) is 55.0 Å². The van der Waals surface area contributed by atoms with Gasteiger partial charge in [0.25, 0.3) is 5.91 Å². The quantitative estimate of drug-likeness (QED) is 0.527. The van der Waals surface area contributed by atoms with E-state index in [0.717, 1.165) is 12.8 Å². The van der Waals surface area contributed by atoms with Gasteiger partial charge in [0.1, 0.15) is 11.8 Å². The fourth-order valence-corrected chi connectivity index (χ4v) is 2.79. The molecule has 27 heavy (non-hydrogen) atoms. The predicted octanol–water partition coefficient (Wildman–Crippen LogP) is 2.15. The van der Waals surface area contributed by atoms with Gasteiger partial charge < -0.3 is 19.7 Å². The van der Waals surface area contributed by atoms with Gasteiger partial charge in [-0.15, -0.1) is 0 Å². The van der Waals surface area contributed by atoms with Crippen LogP contribution in [0, 0.1) is 0 Å². The highest BCUT2D eigenvalue weighted by Gasteiger charge is 2.35. The third kappa shape index (κ3) is 5.98. The van der Waals surface area contributed by atoms with Gasteiger partial charge in [-0.1, -0.05) is 20.3 Å². The van der Waals surface area contributed by atoms with Crippen molar-refractivity contribution in [1.82, 2.24) is 10.2 Å². The zero-order chi connectivity index (χ0) is 19.6. The first-order valence-corrected chi connectivity index (χ1v) is 9.54. The van der Waals surface area contributed by atoms with Gasteiger partial charge in [0.2, 0.25) is 5.91 Å². The summed E-state index contributed by atoms with van der Waals surface area (Å²) >= 11 is 0. The molecule has 1 fully saturated rings. The standard InChI is InChI=1S/C20H28N2O5/c1-3-5-13-26-16-8-6-15(7-9-16)20(25)22-11-10-21-19(24)17(22)14-18(23)27-12-4-2/h6-9,17H,3-5,10-14H2,1-2H3,(H,21,24)/t17-/m1/s1. The van der Waals surface area contributed by atoms with Crippen LogP contribution in [0.1, 0.15) is 49.9 Å². The highest BCUT2D eigenvalue weighted by Crippen LogP contribution is 2.18. The number of amides is 2. The van der Waals surface area contributed by atoms with Crippen molar-refractivity contribution in [1.29, 1.82) is 0 Å². The number of hydrogen-bond donors (Lipinski definition) is 1. The Labute approximate surface area is 160 Å². The van der Waals surface area contributed by atoms with Crippen molar-refractivity contribution in [3.05, 3.63) is 29.8 Å². The SMILES string of the molecule is CCCCOc1ccc(C(=O)N2CCNC(=O)[C@H]2CC(=O)OCCC)cc1. The molecule has 0 unspecified atom stereocenters. The highest BCUT2D eigenvalue weighted by atomic mass is 16.5. The number of nitrogens with one attached hydrogen (secondary N) is 1. The number of hydrogen-bond acceptors (Lipinski definition) is 5. The molecular formula is C20H28N2O5. The van der Waals surface area contributed by atoms with Gasteiger partial charge in [-0.25, -0.2) is 0 Å². The summed E-state index contributed by atoms with van der Waals surface area (Å²) < 4.78 is 10.7. The van der Waals surface area contributed by atoms with Crippen molar-refractivity contribution in [3.8, 4) is 5.75 Å². The predicted molar refractivity (Wildman–Crippen MR) is 101 cm³/mol. The molecule has 7 nitrogen and oxygen atoms in total. The smallest absolute Gasteiger partial charge is 0.308 e. The molecule has 0 aliphatic carbocycles. The van der Waals surface area contributed by atoms with E-state index in [1.54, 1.807) is 24.3 Å². The molecule has 0 radical (unpaired) electrons. The second-order valence-corrected chi connectivity index (χ2v) is 6.46. The van der Waals surface area contributed by atoms with E-state index in [-0.39, 0.29) is 18.2 Å². The number of piperazine rings is 1. The maximum atomic E-state index is 12.9. The lowest BCUT2D eigenvalue weighted by Gasteiger charge is -2.34. The van der Waals surface area contributed by atoms with E-state index < -0.39 is 12.0 Å². The third-order valence-electron chi connectivity index (χ3n) is 4.29. The monoisotopic (exact) mass is 376 g/mol. The Morgan fingerprint density at radius 2 is 1.89 bits per heavy atom. The topological polar surface area (TPSA) is 84.9 Å². The first-order valence-electron chi connectivity index (χ1n) is 9.54. The van der Waals surface area contributed by atoms with Gasteiger partial charge in [0.05, 0.1) is 19.6 Å². The van der Waals surface area contributed by atoms with Crippen molar-refractivity contribution in [2.45, 2.75) is 45.6 Å². The molecule has 1 aromatic rings. The van der Waals surface area contributed by atoms with Crippen LogP contribution in [-0.2, 0) is 14.3 Å². The van der Waals surface area contributed by atoms with Crippen LogP contribution < -0.4 is 10.1 Å². The lowest BCUT2D eigenvalue weighted by Crippen LogP contribution is -2.57. The van der Waals surface area contributed by atoms with E-state index >= 15 is 0 Å². The second kappa shape index (κ2) is 10.5. The van der Waals surface area contributed by atoms with Gasteiger partial charge in [-0.05, 0) is 37.1 Å². The van der Waals surface area contributed by atoms with Crippen molar-refractivity contribution in [3.63, 3.8) is 0 Å². The molecule has 0 saturated carbocycles. The molecule has 1 aliphatic heterocycles. The van der Waals surface area contributed by atoms with E-state index in [1.807, 2.05) is 6.92 Å². The summed E-state index contributed by atoms with van der Waals surface area (Å²) in [5.41, 5.74) is 0.458. The number of ether oxygens (including phenoxy) is 2. The van der Waals surface area contributed by atoms with Crippen LogP contribution in [0.15, 0.2) is 24.3 Å².